The van der Waals surface area contributed by atoms with E-state index in [-0.39, 0.29) is 11.7 Å². The molecule has 0 radical (unpaired) electrons. The van der Waals surface area contributed by atoms with Crippen LogP contribution in [0.3, 0.4) is 0 Å². The van der Waals surface area contributed by atoms with Gasteiger partial charge in [0.15, 0.2) is 5.82 Å². The number of rotatable bonds is 5. The maximum Gasteiger partial charge on any atom is 0.224 e. The van der Waals surface area contributed by atoms with Gasteiger partial charge in [0.05, 0.1) is 0 Å². The molecule has 0 bridgehead atoms. The van der Waals surface area contributed by atoms with Crippen molar-refractivity contribution in [3.05, 3.63) is 65.7 Å². The van der Waals surface area contributed by atoms with Gasteiger partial charge in [-0.3, -0.25) is 4.79 Å². The summed E-state index contributed by atoms with van der Waals surface area (Å²) < 4.78 is 15.1. The van der Waals surface area contributed by atoms with Crippen LogP contribution in [-0.4, -0.2) is 20.7 Å². The molecule has 2 aromatic carbocycles. The fourth-order valence-electron chi connectivity index (χ4n) is 3.53. The van der Waals surface area contributed by atoms with E-state index in [4.69, 9.17) is 0 Å². The molecular weight excluding hydrogens is 355 g/mol. The quantitative estimate of drug-likeness (QED) is 0.717. The van der Waals surface area contributed by atoms with Crippen molar-refractivity contribution in [3.8, 4) is 11.4 Å². The highest BCUT2D eigenvalue weighted by Gasteiger charge is 2.16. The molecule has 0 unspecified atom stereocenters. The highest BCUT2D eigenvalue weighted by molar-refractivity contribution is 5.91. The number of carbonyl (C=O) groups is 1. The molecule has 1 aliphatic rings. The lowest BCUT2D eigenvalue weighted by atomic mass is 10.1. The maximum absolute atomic E-state index is 12.9. The normalized spacial score (nSPS) is 13.6. The summed E-state index contributed by atoms with van der Waals surface area (Å²) in [5.41, 5.74) is 2.70. The first-order valence-corrected chi connectivity index (χ1v) is 9.76. The summed E-state index contributed by atoms with van der Waals surface area (Å²) in [5.74, 6) is 1.63. The summed E-state index contributed by atoms with van der Waals surface area (Å²) in [7, 11) is 0. The molecule has 0 saturated carbocycles. The van der Waals surface area contributed by atoms with Crippen LogP contribution in [0.15, 0.2) is 48.5 Å². The molecule has 3 aromatic rings. The number of fused-ring (bicyclic) bond motifs is 1. The molecule has 6 heteroatoms. The number of nitrogens with one attached hydrogen (secondary N) is 1. The van der Waals surface area contributed by atoms with Gasteiger partial charge in [0.1, 0.15) is 11.6 Å². The van der Waals surface area contributed by atoms with Crippen LogP contribution >= 0.6 is 0 Å². The molecule has 0 aliphatic carbocycles. The van der Waals surface area contributed by atoms with E-state index in [1.165, 1.54) is 25.0 Å². The first-order valence-electron chi connectivity index (χ1n) is 9.76. The molecular formula is C22H23FN4O. The molecule has 4 rings (SSSR count). The molecule has 0 saturated heterocycles. The topological polar surface area (TPSA) is 59.8 Å². The average molecular weight is 378 g/mol. The molecule has 0 fully saturated rings. The number of benzene rings is 2. The Kier molecular flexibility index (Phi) is 5.46. The van der Waals surface area contributed by atoms with E-state index in [0.717, 1.165) is 47.8 Å². The minimum Gasteiger partial charge on any atom is -0.326 e. The third-order valence-corrected chi connectivity index (χ3v) is 5.09. The van der Waals surface area contributed by atoms with Gasteiger partial charge in [0.25, 0.3) is 0 Å². The van der Waals surface area contributed by atoms with Gasteiger partial charge < -0.3 is 9.88 Å². The van der Waals surface area contributed by atoms with Crippen LogP contribution in [-0.2, 0) is 24.2 Å². The van der Waals surface area contributed by atoms with Crippen LogP contribution in [0.25, 0.3) is 11.4 Å². The van der Waals surface area contributed by atoms with Gasteiger partial charge in [-0.15, -0.1) is 10.2 Å². The largest absolute Gasteiger partial charge is 0.326 e. The Hall–Kier alpha value is -3.02. The number of halogens is 1. The van der Waals surface area contributed by atoms with E-state index >= 15 is 0 Å². The van der Waals surface area contributed by atoms with E-state index in [1.807, 2.05) is 24.3 Å². The van der Waals surface area contributed by atoms with Crippen LogP contribution in [0.5, 0.6) is 0 Å². The zero-order valence-electron chi connectivity index (χ0n) is 15.7. The number of hydrogen-bond donors (Lipinski definition) is 1. The van der Waals surface area contributed by atoms with Crippen LogP contribution in [0.2, 0.25) is 0 Å². The Morgan fingerprint density at radius 2 is 1.79 bits per heavy atom. The first-order chi connectivity index (χ1) is 13.7. The number of hydrogen-bond acceptors (Lipinski definition) is 3. The summed E-state index contributed by atoms with van der Waals surface area (Å²) in [6.45, 7) is 0.958. The predicted octanol–water partition coefficient (Wildman–Crippen LogP) is 4.38. The van der Waals surface area contributed by atoms with Crippen molar-refractivity contribution >= 4 is 11.6 Å². The van der Waals surface area contributed by atoms with Crippen LogP contribution in [0.1, 0.15) is 37.1 Å². The lowest BCUT2D eigenvalue weighted by Gasteiger charge is -2.09. The molecule has 28 heavy (non-hydrogen) atoms. The number of nitrogens with zero attached hydrogens (tertiary/aromatic N) is 3. The van der Waals surface area contributed by atoms with Crippen molar-refractivity contribution in [3.63, 3.8) is 0 Å². The summed E-state index contributed by atoms with van der Waals surface area (Å²) in [5, 5.41) is 11.6. The van der Waals surface area contributed by atoms with Crippen molar-refractivity contribution in [2.75, 3.05) is 5.32 Å². The Labute approximate surface area is 163 Å². The van der Waals surface area contributed by atoms with Crippen LogP contribution < -0.4 is 5.32 Å². The monoisotopic (exact) mass is 378 g/mol. The summed E-state index contributed by atoms with van der Waals surface area (Å²) >= 11 is 0. The summed E-state index contributed by atoms with van der Waals surface area (Å²) in [6, 6.07) is 14.0. The van der Waals surface area contributed by atoms with Crippen molar-refractivity contribution in [1.29, 1.82) is 0 Å². The van der Waals surface area contributed by atoms with Gasteiger partial charge in [-0.1, -0.05) is 18.6 Å². The second-order valence-corrected chi connectivity index (χ2v) is 7.15. The van der Waals surface area contributed by atoms with E-state index < -0.39 is 0 Å². The fraction of sp³-hybridized carbons (Fsp3) is 0.318. The zero-order valence-corrected chi connectivity index (χ0v) is 15.7. The van der Waals surface area contributed by atoms with Gasteiger partial charge in [0.2, 0.25) is 5.91 Å². The van der Waals surface area contributed by atoms with Crippen molar-refractivity contribution in [2.45, 2.75) is 45.1 Å². The van der Waals surface area contributed by atoms with Gasteiger partial charge >= 0.3 is 0 Å². The molecule has 0 spiro atoms. The third-order valence-electron chi connectivity index (χ3n) is 5.09. The molecule has 1 aliphatic heterocycles. The van der Waals surface area contributed by atoms with Crippen molar-refractivity contribution in [2.24, 2.45) is 0 Å². The number of aromatic nitrogens is 3. The van der Waals surface area contributed by atoms with E-state index in [0.29, 0.717) is 12.8 Å². The molecule has 2 heterocycles. The van der Waals surface area contributed by atoms with Crippen molar-refractivity contribution in [1.82, 2.24) is 14.8 Å². The summed E-state index contributed by atoms with van der Waals surface area (Å²) in [4.78, 5) is 12.2. The Bertz CT molecular complexity index is 948. The Morgan fingerprint density at radius 3 is 2.57 bits per heavy atom. The SMILES string of the molecule is O=C(CCc1ccc(F)cc1)Nc1ccc(-c2nnc3n2CCCCC3)cc1. The van der Waals surface area contributed by atoms with Crippen LogP contribution in [0.4, 0.5) is 10.1 Å². The second kappa shape index (κ2) is 8.33. The van der Waals surface area contributed by atoms with Gasteiger partial charge in [-0.25, -0.2) is 4.39 Å². The van der Waals surface area contributed by atoms with Gasteiger partial charge in [-0.2, -0.15) is 0 Å². The maximum atomic E-state index is 12.9. The van der Waals surface area contributed by atoms with E-state index in [2.05, 4.69) is 20.1 Å². The molecule has 1 amide bonds. The third kappa shape index (κ3) is 4.27. The molecule has 5 nitrogen and oxygen atoms in total. The molecule has 1 N–H and O–H groups in total. The van der Waals surface area contributed by atoms with E-state index in [9.17, 15) is 9.18 Å². The lowest BCUT2D eigenvalue weighted by Crippen LogP contribution is -2.12. The van der Waals surface area contributed by atoms with Crippen LogP contribution in [0, 0.1) is 5.82 Å². The number of anilines is 1. The Morgan fingerprint density at radius 1 is 1.00 bits per heavy atom. The Balaban J connectivity index is 1.37. The minimum absolute atomic E-state index is 0.0616. The highest BCUT2D eigenvalue weighted by atomic mass is 19.1. The highest BCUT2D eigenvalue weighted by Crippen LogP contribution is 2.24. The zero-order chi connectivity index (χ0) is 19.3. The van der Waals surface area contributed by atoms with Gasteiger partial charge in [-0.05, 0) is 61.2 Å². The molecule has 0 atom stereocenters. The number of amides is 1. The smallest absolute Gasteiger partial charge is 0.224 e. The molecule has 144 valence electrons. The number of aryl methyl sites for hydroxylation is 2. The number of carbonyl (C=O) groups excluding carboxylic acids is 1. The average Bonchev–Trinajstić information content (AvgIpc) is 2.96. The minimum atomic E-state index is -0.266. The second-order valence-electron chi connectivity index (χ2n) is 7.15. The van der Waals surface area contributed by atoms with Gasteiger partial charge in [0, 0.05) is 30.6 Å². The van der Waals surface area contributed by atoms with E-state index in [1.54, 1.807) is 12.1 Å². The van der Waals surface area contributed by atoms with Crippen molar-refractivity contribution < 1.29 is 9.18 Å². The molecule has 1 aromatic heterocycles. The fourth-order valence-corrected chi connectivity index (χ4v) is 3.53. The first kappa shape index (κ1) is 18.3. The predicted molar refractivity (Wildman–Crippen MR) is 106 cm³/mol. The standard InChI is InChI=1S/C22H23FN4O/c23-18-10-5-16(6-11-18)7-14-21(28)24-19-12-8-17(9-13-19)22-26-25-20-4-2-1-3-15-27(20)22/h5-6,8-13H,1-4,7,14-15H2,(H,24,28). The summed E-state index contributed by atoms with van der Waals surface area (Å²) in [6.07, 6.45) is 5.46. The lowest BCUT2D eigenvalue weighted by molar-refractivity contribution is -0.116.